The highest BCUT2D eigenvalue weighted by Crippen LogP contribution is 2.23. The Labute approximate surface area is 140 Å². The summed E-state index contributed by atoms with van der Waals surface area (Å²) in [4.78, 5) is 11.8. The Kier molecular flexibility index (Phi) is 4.68. The predicted molar refractivity (Wildman–Crippen MR) is 90.7 cm³/mol. The Hall–Kier alpha value is -3.39. The Morgan fingerprint density at radius 3 is 2.62 bits per heavy atom. The summed E-state index contributed by atoms with van der Waals surface area (Å²) in [6.07, 6.45) is 3.39. The lowest BCUT2D eigenvalue weighted by Gasteiger charge is -2.08. The summed E-state index contributed by atoms with van der Waals surface area (Å²) < 4.78 is 1.58. The number of carbonyl (C=O) groups excluding carboxylic acids is 1. The zero-order chi connectivity index (χ0) is 16.8. The number of aromatic nitrogens is 2. The highest BCUT2D eigenvalue weighted by Gasteiger charge is 2.05. The van der Waals surface area contributed by atoms with Gasteiger partial charge in [-0.2, -0.15) is 10.4 Å². The zero-order valence-electron chi connectivity index (χ0n) is 13.0. The first-order valence-electron chi connectivity index (χ1n) is 7.59. The molecule has 5 nitrogen and oxygen atoms in total. The van der Waals surface area contributed by atoms with Gasteiger partial charge in [0.2, 0.25) is 5.91 Å². The number of carbonyl (C=O) groups is 1. The fraction of sp³-hybridized carbons (Fsp3) is 0.105. The van der Waals surface area contributed by atoms with Crippen LogP contribution in [0.15, 0.2) is 67.0 Å². The van der Waals surface area contributed by atoms with Crippen LogP contribution in [0.25, 0.3) is 11.1 Å². The van der Waals surface area contributed by atoms with Crippen LogP contribution in [0.1, 0.15) is 11.1 Å². The van der Waals surface area contributed by atoms with Crippen LogP contribution in [0, 0.1) is 11.3 Å². The van der Waals surface area contributed by atoms with Crippen LogP contribution < -0.4 is 5.32 Å². The molecule has 0 atom stereocenters. The highest BCUT2D eigenvalue weighted by atomic mass is 16.2. The standard InChI is InChI=1S/C19H16N4O/c20-12-17-4-1-2-5-18(17)16-8-6-15(7-9-16)13-21-19(24)14-23-11-3-10-22-23/h1-11H,13-14H2,(H,21,24). The Morgan fingerprint density at radius 1 is 1.12 bits per heavy atom. The number of rotatable bonds is 5. The molecule has 5 heteroatoms. The molecule has 1 heterocycles. The van der Waals surface area contributed by atoms with Gasteiger partial charge in [0.1, 0.15) is 6.54 Å². The first-order valence-corrected chi connectivity index (χ1v) is 7.59. The maximum Gasteiger partial charge on any atom is 0.241 e. The minimum Gasteiger partial charge on any atom is -0.350 e. The molecule has 0 spiro atoms. The Balaban J connectivity index is 1.63. The molecule has 0 unspecified atom stereocenters. The van der Waals surface area contributed by atoms with Gasteiger partial charge in [-0.25, -0.2) is 0 Å². The quantitative estimate of drug-likeness (QED) is 0.787. The summed E-state index contributed by atoms with van der Waals surface area (Å²) in [5, 5.41) is 16.0. The number of benzene rings is 2. The molecule has 24 heavy (non-hydrogen) atoms. The molecule has 1 amide bonds. The first kappa shape index (κ1) is 15.5. The largest absolute Gasteiger partial charge is 0.350 e. The van der Waals surface area contributed by atoms with E-state index in [0.717, 1.165) is 16.7 Å². The lowest BCUT2D eigenvalue weighted by molar-refractivity contribution is -0.122. The maximum atomic E-state index is 11.8. The molecular formula is C19H16N4O. The van der Waals surface area contributed by atoms with E-state index in [4.69, 9.17) is 0 Å². The van der Waals surface area contributed by atoms with Crippen molar-refractivity contribution in [3.8, 4) is 17.2 Å². The van der Waals surface area contributed by atoms with Gasteiger partial charge < -0.3 is 5.32 Å². The third-order valence-corrected chi connectivity index (χ3v) is 3.67. The van der Waals surface area contributed by atoms with Gasteiger partial charge in [-0.05, 0) is 28.8 Å². The van der Waals surface area contributed by atoms with Crippen molar-refractivity contribution in [2.75, 3.05) is 0 Å². The summed E-state index contributed by atoms with van der Waals surface area (Å²) >= 11 is 0. The topological polar surface area (TPSA) is 70.7 Å². The first-order chi connectivity index (χ1) is 11.8. The van der Waals surface area contributed by atoms with Crippen molar-refractivity contribution in [1.29, 1.82) is 5.26 Å². The fourth-order valence-electron chi connectivity index (χ4n) is 2.43. The second-order valence-corrected chi connectivity index (χ2v) is 5.33. The van der Waals surface area contributed by atoms with Gasteiger partial charge in [0.15, 0.2) is 0 Å². The number of nitrogens with one attached hydrogen (secondary N) is 1. The average molecular weight is 316 g/mol. The van der Waals surface area contributed by atoms with E-state index in [2.05, 4.69) is 16.5 Å². The molecule has 0 saturated heterocycles. The summed E-state index contributed by atoms with van der Waals surface area (Å²) in [5.41, 5.74) is 3.55. The molecule has 2 aromatic carbocycles. The molecule has 1 aromatic heterocycles. The summed E-state index contributed by atoms with van der Waals surface area (Å²) in [6, 6.07) is 19.3. The molecule has 0 aliphatic carbocycles. The van der Waals surface area contributed by atoms with Crippen molar-refractivity contribution in [3.63, 3.8) is 0 Å². The van der Waals surface area contributed by atoms with Gasteiger partial charge >= 0.3 is 0 Å². The van der Waals surface area contributed by atoms with Crippen molar-refractivity contribution >= 4 is 5.91 Å². The molecule has 0 radical (unpaired) electrons. The van der Waals surface area contributed by atoms with Gasteiger partial charge in [-0.15, -0.1) is 0 Å². The van der Waals surface area contributed by atoms with E-state index in [9.17, 15) is 10.1 Å². The van der Waals surface area contributed by atoms with Crippen molar-refractivity contribution in [1.82, 2.24) is 15.1 Å². The van der Waals surface area contributed by atoms with E-state index in [0.29, 0.717) is 12.1 Å². The van der Waals surface area contributed by atoms with Gasteiger partial charge in [0.05, 0.1) is 11.6 Å². The second kappa shape index (κ2) is 7.25. The van der Waals surface area contributed by atoms with Crippen LogP contribution in [0.5, 0.6) is 0 Å². The fourth-order valence-corrected chi connectivity index (χ4v) is 2.43. The molecule has 0 bridgehead atoms. The van der Waals surface area contributed by atoms with E-state index >= 15 is 0 Å². The van der Waals surface area contributed by atoms with E-state index in [-0.39, 0.29) is 12.5 Å². The van der Waals surface area contributed by atoms with Crippen LogP contribution in [0.2, 0.25) is 0 Å². The number of amides is 1. The van der Waals surface area contributed by atoms with E-state index in [1.165, 1.54) is 0 Å². The predicted octanol–water partition coefficient (Wildman–Crippen LogP) is 2.74. The van der Waals surface area contributed by atoms with E-state index in [1.54, 1.807) is 29.2 Å². The normalized spacial score (nSPS) is 10.1. The SMILES string of the molecule is N#Cc1ccccc1-c1ccc(CNC(=O)Cn2cccn2)cc1. The molecule has 0 aliphatic rings. The molecule has 1 N–H and O–H groups in total. The minimum absolute atomic E-state index is 0.0856. The van der Waals surface area contributed by atoms with Crippen LogP contribution in [-0.4, -0.2) is 15.7 Å². The van der Waals surface area contributed by atoms with Crippen LogP contribution in [0.4, 0.5) is 0 Å². The Bertz CT molecular complexity index is 861. The molecule has 0 fully saturated rings. The number of nitrogens with zero attached hydrogens (tertiary/aromatic N) is 3. The average Bonchev–Trinajstić information content (AvgIpc) is 3.13. The molecule has 0 aliphatic heterocycles. The molecule has 3 aromatic rings. The highest BCUT2D eigenvalue weighted by molar-refractivity contribution is 5.75. The lowest BCUT2D eigenvalue weighted by Crippen LogP contribution is -2.27. The van der Waals surface area contributed by atoms with Crippen molar-refractivity contribution < 1.29 is 4.79 Å². The van der Waals surface area contributed by atoms with Gasteiger partial charge in [-0.3, -0.25) is 9.48 Å². The second-order valence-electron chi connectivity index (χ2n) is 5.33. The monoisotopic (exact) mass is 316 g/mol. The zero-order valence-corrected chi connectivity index (χ0v) is 13.0. The number of hydrogen-bond acceptors (Lipinski definition) is 3. The Morgan fingerprint density at radius 2 is 1.92 bits per heavy atom. The summed E-state index contributed by atoms with van der Waals surface area (Å²) in [7, 11) is 0. The summed E-state index contributed by atoms with van der Waals surface area (Å²) in [5.74, 6) is -0.0856. The van der Waals surface area contributed by atoms with Crippen molar-refractivity contribution in [2.45, 2.75) is 13.1 Å². The molecule has 118 valence electrons. The van der Waals surface area contributed by atoms with Crippen molar-refractivity contribution in [2.24, 2.45) is 0 Å². The lowest BCUT2D eigenvalue weighted by atomic mass is 9.99. The third kappa shape index (κ3) is 3.68. The van der Waals surface area contributed by atoms with Gasteiger partial charge in [-0.1, -0.05) is 42.5 Å². The van der Waals surface area contributed by atoms with Crippen LogP contribution in [0.3, 0.4) is 0 Å². The van der Waals surface area contributed by atoms with Gasteiger partial charge in [0.25, 0.3) is 0 Å². The number of hydrogen-bond donors (Lipinski definition) is 1. The van der Waals surface area contributed by atoms with Gasteiger partial charge in [0, 0.05) is 18.9 Å². The number of nitriles is 1. The molecular weight excluding hydrogens is 300 g/mol. The molecule has 0 saturated carbocycles. The van der Waals surface area contributed by atoms with E-state index in [1.807, 2.05) is 42.5 Å². The molecule has 3 rings (SSSR count). The summed E-state index contributed by atoms with van der Waals surface area (Å²) in [6.45, 7) is 0.668. The van der Waals surface area contributed by atoms with E-state index < -0.39 is 0 Å². The van der Waals surface area contributed by atoms with Crippen LogP contribution in [-0.2, 0) is 17.9 Å². The third-order valence-electron chi connectivity index (χ3n) is 3.67. The van der Waals surface area contributed by atoms with Crippen LogP contribution >= 0.6 is 0 Å². The maximum absolute atomic E-state index is 11.8. The smallest absolute Gasteiger partial charge is 0.241 e. The van der Waals surface area contributed by atoms with Crippen molar-refractivity contribution in [3.05, 3.63) is 78.1 Å². The minimum atomic E-state index is -0.0856.